The van der Waals surface area contributed by atoms with Crippen molar-refractivity contribution in [3.63, 3.8) is 0 Å². The van der Waals surface area contributed by atoms with Gasteiger partial charge >= 0.3 is 0 Å². The SMILES string of the molecule is COc1ccccc1CC(CCl)(CCl)c1ccccc1Cl. The Hall–Kier alpha value is -0.890. The molecule has 0 aliphatic carbocycles. The van der Waals surface area contributed by atoms with Gasteiger partial charge in [-0.15, -0.1) is 23.2 Å². The molecule has 0 aromatic heterocycles. The first-order valence-electron chi connectivity index (χ1n) is 6.65. The van der Waals surface area contributed by atoms with Gasteiger partial charge in [0.15, 0.2) is 0 Å². The number of benzene rings is 2. The Labute approximate surface area is 140 Å². The second-order valence-electron chi connectivity index (χ2n) is 5.02. The number of ether oxygens (including phenoxy) is 1. The lowest BCUT2D eigenvalue weighted by atomic mass is 9.78. The molecule has 0 fully saturated rings. The summed E-state index contributed by atoms with van der Waals surface area (Å²) in [7, 11) is 1.66. The third kappa shape index (κ3) is 3.48. The monoisotopic (exact) mass is 342 g/mol. The summed E-state index contributed by atoms with van der Waals surface area (Å²) in [5.41, 5.74) is 1.62. The van der Waals surface area contributed by atoms with Gasteiger partial charge in [-0.2, -0.15) is 0 Å². The molecule has 21 heavy (non-hydrogen) atoms. The Morgan fingerprint density at radius 1 is 0.952 bits per heavy atom. The summed E-state index contributed by atoms with van der Waals surface area (Å²) < 4.78 is 5.43. The predicted molar refractivity (Wildman–Crippen MR) is 91.3 cm³/mol. The molecule has 0 saturated carbocycles. The van der Waals surface area contributed by atoms with Crippen molar-refractivity contribution in [1.82, 2.24) is 0 Å². The standard InChI is InChI=1S/C17H17Cl3O/c1-21-16-9-5-2-6-13(16)10-17(11-18,12-19)14-7-3-4-8-15(14)20/h2-9H,10-12H2,1H3. The van der Waals surface area contributed by atoms with Crippen LogP contribution in [0.25, 0.3) is 0 Å². The topological polar surface area (TPSA) is 9.23 Å². The fourth-order valence-corrected chi connectivity index (χ4v) is 3.57. The second-order valence-corrected chi connectivity index (χ2v) is 5.96. The van der Waals surface area contributed by atoms with E-state index in [1.54, 1.807) is 7.11 Å². The van der Waals surface area contributed by atoms with E-state index in [-0.39, 0.29) is 0 Å². The molecule has 0 N–H and O–H groups in total. The lowest BCUT2D eigenvalue weighted by Gasteiger charge is -2.31. The van der Waals surface area contributed by atoms with Crippen LogP contribution in [0.4, 0.5) is 0 Å². The zero-order chi connectivity index (χ0) is 15.3. The van der Waals surface area contributed by atoms with Crippen molar-refractivity contribution in [2.45, 2.75) is 11.8 Å². The van der Waals surface area contributed by atoms with Gasteiger partial charge in [0.05, 0.1) is 7.11 Å². The Morgan fingerprint density at radius 2 is 1.57 bits per heavy atom. The molecule has 0 radical (unpaired) electrons. The number of hydrogen-bond acceptors (Lipinski definition) is 1. The molecule has 2 aromatic carbocycles. The van der Waals surface area contributed by atoms with Crippen LogP contribution in [0.3, 0.4) is 0 Å². The Balaban J connectivity index is 2.46. The summed E-state index contributed by atoms with van der Waals surface area (Å²) in [6.07, 6.45) is 0.674. The van der Waals surface area contributed by atoms with Crippen molar-refractivity contribution in [3.8, 4) is 5.75 Å². The average Bonchev–Trinajstić information content (AvgIpc) is 2.54. The molecule has 2 aromatic rings. The minimum Gasteiger partial charge on any atom is -0.496 e. The Kier molecular flexibility index (Phi) is 5.80. The highest BCUT2D eigenvalue weighted by atomic mass is 35.5. The summed E-state index contributed by atoms with van der Waals surface area (Å²) >= 11 is 18.9. The van der Waals surface area contributed by atoms with E-state index in [2.05, 4.69) is 0 Å². The van der Waals surface area contributed by atoms with Crippen LogP contribution in [0, 0.1) is 0 Å². The molecule has 0 amide bonds. The highest BCUT2D eigenvalue weighted by Crippen LogP contribution is 2.37. The molecule has 0 heterocycles. The zero-order valence-electron chi connectivity index (χ0n) is 11.8. The van der Waals surface area contributed by atoms with Crippen molar-refractivity contribution in [2.75, 3.05) is 18.9 Å². The van der Waals surface area contributed by atoms with Gasteiger partial charge in [-0.05, 0) is 29.7 Å². The van der Waals surface area contributed by atoms with Gasteiger partial charge in [-0.1, -0.05) is 48.0 Å². The summed E-state index contributed by atoms with van der Waals surface area (Å²) in [5.74, 6) is 1.61. The van der Waals surface area contributed by atoms with Crippen LogP contribution in [-0.2, 0) is 11.8 Å². The number of rotatable bonds is 6. The molecule has 0 saturated heterocycles. The second kappa shape index (κ2) is 7.40. The van der Waals surface area contributed by atoms with Gasteiger partial charge in [0.2, 0.25) is 0 Å². The molecule has 0 aliphatic heterocycles. The minimum atomic E-state index is -0.421. The van der Waals surface area contributed by atoms with Crippen LogP contribution < -0.4 is 4.74 Å². The van der Waals surface area contributed by atoms with Crippen LogP contribution in [0.1, 0.15) is 11.1 Å². The van der Waals surface area contributed by atoms with Gasteiger partial charge < -0.3 is 4.74 Å². The lowest BCUT2D eigenvalue weighted by molar-refractivity contribution is 0.403. The number of alkyl halides is 2. The van der Waals surface area contributed by atoms with Gasteiger partial charge in [0.25, 0.3) is 0 Å². The number of para-hydroxylation sites is 1. The first-order chi connectivity index (χ1) is 10.2. The average molecular weight is 344 g/mol. The largest absolute Gasteiger partial charge is 0.496 e. The van der Waals surface area contributed by atoms with E-state index in [1.165, 1.54) is 0 Å². The van der Waals surface area contributed by atoms with Crippen LogP contribution in [0.2, 0.25) is 5.02 Å². The zero-order valence-corrected chi connectivity index (χ0v) is 14.1. The van der Waals surface area contributed by atoms with Gasteiger partial charge in [-0.25, -0.2) is 0 Å². The first kappa shape index (κ1) is 16.5. The number of halogens is 3. The molecular weight excluding hydrogens is 327 g/mol. The third-order valence-corrected chi connectivity index (χ3v) is 5.03. The minimum absolute atomic E-state index is 0.387. The highest BCUT2D eigenvalue weighted by molar-refractivity contribution is 6.32. The van der Waals surface area contributed by atoms with E-state index in [1.807, 2.05) is 48.5 Å². The van der Waals surface area contributed by atoms with Crippen molar-refractivity contribution in [3.05, 3.63) is 64.7 Å². The lowest BCUT2D eigenvalue weighted by Crippen LogP contribution is -2.33. The van der Waals surface area contributed by atoms with E-state index < -0.39 is 5.41 Å². The van der Waals surface area contributed by atoms with E-state index in [0.717, 1.165) is 16.9 Å². The van der Waals surface area contributed by atoms with E-state index in [9.17, 15) is 0 Å². The van der Waals surface area contributed by atoms with E-state index in [0.29, 0.717) is 23.2 Å². The summed E-state index contributed by atoms with van der Waals surface area (Å²) in [4.78, 5) is 0. The highest BCUT2D eigenvalue weighted by Gasteiger charge is 2.33. The summed E-state index contributed by atoms with van der Waals surface area (Å²) in [5, 5.41) is 0.689. The molecule has 0 bridgehead atoms. The first-order valence-corrected chi connectivity index (χ1v) is 8.10. The van der Waals surface area contributed by atoms with Gasteiger partial charge in [0.1, 0.15) is 5.75 Å². The molecule has 2 rings (SSSR count). The Morgan fingerprint density at radius 3 is 2.19 bits per heavy atom. The molecule has 4 heteroatoms. The number of hydrogen-bond donors (Lipinski definition) is 0. The van der Waals surface area contributed by atoms with Crippen molar-refractivity contribution in [1.29, 1.82) is 0 Å². The molecule has 1 nitrogen and oxygen atoms in total. The van der Waals surface area contributed by atoms with Crippen LogP contribution in [-0.4, -0.2) is 18.9 Å². The van der Waals surface area contributed by atoms with Crippen molar-refractivity contribution < 1.29 is 4.74 Å². The maximum Gasteiger partial charge on any atom is 0.122 e. The van der Waals surface area contributed by atoms with Gasteiger partial charge in [-0.3, -0.25) is 0 Å². The maximum absolute atomic E-state index is 6.36. The number of methoxy groups -OCH3 is 1. The van der Waals surface area contributed by atoms with Crippen molar-refractivity contribution >= 4 is 34.8 Å². The van der Waals surface area contributed by atoms with E-state index >= 15 is 0 Å². The smallest absolute Gasteiger partial charge is 0.122 e. The predicted octanol–water partition coefficient (Wildman–Crippen LogP) is 5.31. The Bertz CT molecular complexity index is 594. The summed E-state index contributed by atoms with van der Waals surface area (Å²) in [6, 6.07) is 15.6. The molecule has 0 atom stereocenters. The quantitative estimate of drug-likeness (QED) is 0.646. The fraction of sp³-hybridized carbons (Fsp3) is 0.294. The van der Waals surface area contributed by atoms with Crippen LogP contribution >= 0.6 is 34.8 Å². The van der Waals surface area contributed by atoms with Crippen molar-refractivity contribution in [2.24, 2.45) is 0 Å². The van der Waals surface area contributed by atoms with E-state index in [4.69, 9.17) is 39.5 Å². The summed E-state index contributed by atoms with van der Waals surface area (Å²) in [6.45, 7) is 0. The van der Waals surface area contributed by atoms with Gasteiger partial charge in [0, 0.05) is 22.2 Å². The van der Waals surface area contributed by atoms with Crippen LogP contribution in [0.15, 0.2) is 48.5 Å². The molecule has 0 spiro atoms. The third-order valence-electron chi connectivity index (χ3n) is 3.68. The molecule has 0 unspecified atom stereocenters. The maximum atomic E-state index is 6.36. The van der Waals surface area contributed by atoms with Crippen LogP contribution in [0.5, 0.6) is 5.75 Å². The molecule has 112 valence electrons. The fourth-order valence-electron chi connectivity index (χ4n) is 2.47. The molecular formula is C17H17Cl3O. The normalized spacial score (nSPS) is 11.4. The molecule has 0 aliphatic rings.